The van der Waals surface area contributed by atoms with Gasteiger partial charge in [0.05, 0.1) is 13.8 Å². The summed E-state index contributed by atoms with van der Waals surface area (Å²) in [5, 5.41) is 0. The first-order valence-electron chi connectivity index (χ1n) is 12.1. The monoisotopic (exact) mass is 546 g/mol. The third kappa shape index (κ3) is 8.59. The molecule has 10 heteroatoms. The molecule has 206 valence electrons. The third-order valence-electron chi connectivity index (χ3n) is 4.90. The van der Waals surface area contributed by atoms with E-state index in [2.05, 4.69) is 9.78 Å². The van der Waals surface area contributed by atoms with Crippen molar-refractivity contribution in [3.8, 4) is 23.0 Å². The van der Waals surface area contributed by atoms with Gasteiger partial charge in [0.1, 0.15) is 23.0 Å². The van der Waals surface area contributed by atoms with Crippen LogP contribution in [0.25, 0.3) is 0 Å². The molecule has 4 aromatic rings. The summed E-state index contributed by atoms with van der Waals surface area (Å²) in [5.41, 5.74) is 0. The number of benzene rings is 4. The Labute approximate surface area is 230 Å². The zero-order valence-electron chi connectivity index (χ0n) is 21.6. The average Bonchev–Trinajstić information content (AvgIpc) is 2.93. The Balaban J connectivity index is 1.40. The Hall–Kier alpha value is -5.38. The molecule has 10 nitrogen and oxygen atoms in total. The Morgan fingerprint density at radius 2 is 0.650 bits per heavy atom. The van der Waals surface area contributed by atoms with Crippen molar-refractivity contribution in [1.82, 2.24) is 0 Å². The molecule has 0 bridgehead atoms. The smallest absolute Gasteiger partial charge is 0.421 e. The van der Waals surface area contributed by atoms with E-state index in [0.29, 0.717) is 23.0 Å². The molecule has 4 aromatic carbocycles. The predicted molar refractivity (Wildman–Crippen MR) is 140 cm³/mol. The van der Waals surface area contributed by atoms with E-state index in [1.807, 2.05) is 0 Å². The summed E-state index contributed by atoms with van der Waals surface area (Å²) in [4.78, 5) is 34.0. The van der Waals surface area contributed by atoms with Crippen molar-refractivity contribution in [2.45, 2.75) is 25.8 Å². The van der Waals surface area contributed by atoms with Crippen molar-refractivity contribution >= 4 is 12.3 Å². The molecule has 0 N–H and O–H groups in total. The number of carbonyl (C=O) groups is 2. The van der Waals surface area contributed by atoms with E-state index in [9.17, 15) is 9.59 Å². The van der Waals surface area contributed by atoms with E-state index in [4.69, 9.17) is 28.4 Å². The number of hydrogen-bond acceptors (Lipinski definition) is 10. The molecule has 0 spiro atoms. The van der Waals surface area contributed by atoms with E-state index in [-0.39, 0.29) is 0 Å². The normalized spacial score (nSPS) is 10.9. The van der Waals surface area contributed by atoms with Gasteiger partial charge < -0.3 is 28.4 Å². The lowest BCUT2D eigenvalue weighted by Gasteiger charge is -2.29. The fourth-order valence-corrected chi connectivity index (χ4v) is 3.34. The molecule has 0 unspecified atom stereocenters. The lowest BCUT2D eigenvalue weighted by molar-refractivity contribution is -0.316. The van der Waals surface area contributed by atoms with E-state index in [0.717, 1.165) is 0 Å². The zero-order valence-corrected chi connectivity index (χ0v) is 21.6. The van der Waals surface area contributed by atoms with Crippen LogP contribution in [0, 0.1) is 0 Å². The molecular formula is C30H26O10. The van der Waals surface area contributed by atoms with E-state index >= 15 is 0 Å². The number of ether oxygens (including phenoxy) is 6. The molecule has 0 aliphatic rings. The molecule has 4 rings (SSSR count). The van der Waals surface area contributed by atoms with E-state index in [1.165, 1.54) is 13.8 Å². The molecule has 0 heterocycles. The van der Waals surface area contributed by atoms with Crippen molar-refractivity contribution in [3.63, 3.8) is 0 Å². The standard InChI is InChI=1S/C30H26O10/c1-29(33-23-15-7-3-8-16-23,34-24-17-9-4-10-18-24)37-27(31)39-40-28(32)38-30(2,35-25-19-11-5-12-20-25)36-26-21-13-6-14-22-26/h3-22H,1-2H3. The van der Waals surface area contributed by atoms with Gasteiger partial charge in [0.15, 0.2) is 0 Å². The summed E-state index contributed by atoms with van der Waals surface area (Å²) >= 11 is 0. The third-order valence-corrected chi connectivity index (χ3v) is 4.90. The molecule has 0 radical (unpaired) electrons. The summed E-state index contributed by atoms with van der Waals surface area (Å²) in [7, 11) is 0. The highest BCUT2D eigenvalue weighted by atomic mass is 17.3. The van der Waals surface area contributed by atoms with Gasteiger partial charge in [-0.1, -0.05) is 72.8 Å². The van der Waals surface area contributed by atoms with Gasteiger partial charge in [0.2, 0.25) is 0 Å². The second-order valence-electron chi connectivity index (χ2n) is 8.26. The van der Waals surface area contributed by atoms with E-state index in [1.54, 1.807) is 121 Å². The first-order chi connectivity index (χ1) is 19.3. The molecule has 0 aromatic heterocycles. The van der Waals surface area contributed by atoms with Gasteiger partial charge in [0.25, 0.3) is 0 Å². The quantitative estimate of drug-likeness (QED) is 0.0905. The molecule has 0 aliphatic heterocycles. The average molecular weight is 547 g/mol. The van der Waals surface area contributed by atoms with Crippen LogP contribution in [0.4, 0.5) is 9.59 Å². The highest BCUT2D eigenvalue weighted by Gasteiger charge is 2.39. The zero-order chi connectivity index (χ0) is 28.3. The highest BCUT2D eigenvalue weighted by molar-refractivity contribution is 5.64. The molecule has 0 saturated heterocycles. The first kappa shape index (κ1) is 27.6. The van der Waals surface area contributed by atoms with Crippen LogP contribution in [-0.4, -0.2) is 24.3 Å². The van der Waals surface area contributed by atoms with Crippen LogP contribution in [-0.2, 0) is 19.2 Å². The van der Waals surface area contributed by atoms with Gasteiger partial charge >= 0.3 is 24.3 Å². The minimum atomic E-state index is -2.01. The Morgan fingerprint density at radius 1 is 0.425 bits per heavy atom. The van der Waals surface area contributed by atoms with Gasteiger partial charge in [-0.3, -0.25) is 0 Å². The Kier molecular flexibility index (Phi) is 8.93. The van der Waals surface area contributed by atoms with Crippen LogP contribution in [0.5, 0.6) is 23.0 Å². The number of hydrogen-bond donors (Lipinski definition) is 0. The van der Waals surface area contributed by atoms with Crippen molar-refractivity contribution in [3.05, 3.63) is 121 Å². The summed E-state index contributed by atoms with van der Waals surface area (Å²) < 4.78 is 33.4. The minimum Gasteiger partial charge on any atom is -0.421 e. The fraction of sp³-hybridized carbons (Fsp3) is 0.133. The van der Waals surface area contributed by atoms with Crippen molar-refractivity contribution in [2.24, 2.45) is 0 Å². The maximum absolute atomic E-state index is 12.5. The Morgan fingerprint density at radius 3 is 0.875 bits per heavy atom. The van der Waals surface area contributed by atoms with Crippen molar-refractivity contribution in [2.75, 3.05) is 0 Å². The van der Waals surface area contributed by atoms with Crippen molar-refractivity contribution < 1.29 is 47.8 Å². The van der Waals surface area contributed by atoms with Crippen LogP contribution in [0.2, 0.25) is 0 Å². The molecule has 0 atom stereocenters. The van der Waals surface area contributed by atoms with Crippen LogP contribution in [0.15, 0.2) is 121 Å². The molecule has 0 aliphatic carbocycles. The number of carbonyl (C=O) groups excluding carboxylic acids is 2. The van der Waals surface area contributed by atoms with Crippen LogP contribution in [0.3, 0.4) is 0 Å². The van der Waals surface area contributed by atoms with Crippen molar-refractivity contribution in [1.29, 1.82) is 0 Å². The SMILES string of the molecule is CC(OC(=O)OOC(=O)OC(C)(Oc1ccccc1)Oc1ccccc1)(Oc1ccccc1)Oc1ccccc1. The summed E-state index contributed by atoms with van der Waals surface area (Å²) in [5.74, 6) is -2.67. The van der Waals surface area contributed by atoms with Crippen LogP contribution < -0.4 is 18.9 Å². The maximum Gasteiger partial charge on any atom is 0.555 e. The maximum atomic E-state index is 12.5. The van der Waals surface area contributed by atoms with Gasteiger partial charge in [0, 0.05) is 0 Å². The molecule has 0 fully saturated rings. The highest BCUT2D eigenvalue weighted by Crippen LogP contribution is 2.26. The van der Waals surface area contributed by atoms with Gasteiger partial charge in [-0.15, -0.1) is 0 Å². The summed E-state index contributed by atoms with van der Waals surface area (Å²) in [6, 6.07) is 34.0. The molecule has 40 heavy (non-hydrogen) atoms. The number of rotatable bonds is 10. The van der Waals surface area contributed by atoms with Crippen LogP contribution in [0.1, 0.15) is 13.8 Å². The summed E-state index contributed by atoms with van der Waals surface area (Å²) in [6.45, 7) is 2.68. The van der Waals surface area contributed by atoms with Gasteiger partial charge in [-0.25, -0.2) is 0 Å². The lowest BCUT2D eigenvalue weighted by Crippen LogP contribution is -2.45. The van der Waals surface area contributed by atoms with Gasteiger partial charge in [-0.05, 0) is 48.5 Å². The molecule has 0 amide bonds. The number of para-hydroxylation sites is 4. The van der Waals surface area contributed by atoms with Gasteiger partial charge in [-0.2, -0.15) is 19.4 Å². The second kappa shape index (κ2) is 12.9. The fourth-order valence-electron chi connectivity index (χ4n) is 3.34. The summed E-state index contributed by atoms with van der Waals surface area (Å²) in [6.07, 6.45) is -2.91. The second-order valence-corrected chi connectivity index (χ2v) is 8.26. The Bertz CT molecular complexity index is 1160. The molecular weight excluding hydrogens is 520 g/mol. The topological polar surface area (TPSA) is 108 Å². The minimum absolute atomic E-state index is 0.334. The lowest BCUT2D eigenvalue weighted by atomic mass is 10.3. The molecule has 0 saturated carbocycles. The van der Waals surface area contributed by atoms with E-state index < -0.39 is 24.3 Å². The largest absolute Gasteiger partial charge is 0.555 e. The van der Waals surface area contributed by atoms with Crippen LogP contribution >= 0.6 is 0 Å². The first-order valence-corrected chi connectivity index (χ1v) is 12.1. The predicted octanol–water partition coefficient (Wildman–Crippen LogP) is 6.87.